The van der Waals surface area contributed by atoms with Crippen LogP contribution in [0.2, 0.25) is 0 Å². The van der Waals surface area contributed by atoms with Crippen LogP contribution in [-0.2, 0) is 25.9 Å². The number of rotatable bonds is 6. The van der Waals surface area contributed by atoms with Crippen LogP contribution in [-0.4, -0.2) is 53.5 Å². The van der Waals surface area contributed by atoms with Crippen LogP contribution in [0.1, 0.15) is 6.92 Å². The third kappa shape index (κ3) is 3.17. The average molecular weight is 278 g/mol. The number of nitrogens with zero attached hydrogens (tertiary/aromatic N) is 3. The zero-order chi connectivity index (χ0) is 13.8. The molecule has 0 aliphatic heterocycles. The molecule has 0 aliphatic carbocycles. The van der Waals surface area contributed by atoms with Crippen LogP contribution in [0.25, 0.3) is 0 Å². The van der Waals surface area contributed by atoms with E-state index in [-0.39, 0.29) is 25.6 Å². The monoisotopic (exact) mass is 278 g/mol. The molecule has 0 aliphatic rings. The fraction of sp³-hybridized carbons (Fsp3) is 0.625. The van der Waals surface area contributed by atoms with Crippen LogP contribution in [0, 0.1) is 0 Å². The average Bonchev–Trinajstić information content (AvgIpc) is 2.61. The van der Waals surface area contributed by atoms with Gasteiger partial charge in [0.15, 0.2) is 11.6 Å². The van der Waals surface area contributed by atoms with Crippen molar-refractivity contribution in [3.63, 3.8) is 0 Å². The lowest BCUT2D eigenvalue weighted by Crippen LogP contribution is -2.20. The first-order chi connectivity index (χ1) is 8.42. The second-order valence-corrected chi connectivity index (χ2v) is 5.20. The Balaban J connectivity index is 2.95. The minimum Gasteiger partial charge on any atom is -0.465 e. The lowest BCUT2D eigenvalue weighted by atomic mass is 10.6. The molecule has 0 unspecified atom stereocenters. The summed E-state index contributed by atoms with van der Waals surface area (Å²) in [5.74, 6) is -1.94. The van der Waals surface area contributed by atoms with E-state index in [1.165, 1.54) is 0 Å². The molecule has 0 amide bonds. The van der Waals surface area contributed by atoms with Crippen molar-refractivity contribution in [1.29, 1.82) is 0 Å². The Morgan fingerprint density at radius 3 is 2.78 bits per heavy atom. The smallest absolute Gasteiger partial charge is 0.321 e. The van der Waals surface area contributed by atoms with E-state index in [2.05, 4.69) is 15.0 Å². The van der Waals surface area contributed by atoms with E-state index in [1.807, 2.05) is 0 Å². The van der Waals surface area contributed by atoms with Crippen LogP contribution in [0.4, 0.5) is 5.82 Å². The number of nitrogen functional groups attached to an aromatic ring is 1. The van der Waals surface area contributed by atoms with Gasteiger partial charge in [0.2, 0.25) is 14.9 Å². The van der Waals surface area contributed by atoms with Gasteiger partial charge in [-0.25, -0.2) is 13.1 Å². The SMILES string of the molecule is CCOC(=O)CS(=O)(=O)c1nnn(CCO)c1N. The highest BCUT2D eigenvalue weighted by molar-refractivity contribution is 7.92. The van der Waals surface area contributed by atoms with E-state index in [0.717, 1.165) is 4.68 Å². The van der Waals surface area contributed by atoms with E-state index in [4.69, 9.17) is 10.8 Å². The highest BCUT2D eigenvalue weighted by Crippen LogP contribution is 2.16. The van der Waals surface area contributed by atoms with Crippen molar-refractivity contribution >= 4 is 21.6 Å². The van der Waals surface area contributed by atoms with Gasteiger partial charge in [-0.15, -0.1) is 5.10 Å². The number of ether oxygens (including phenoxy) is 1. The van der Waals surface area contributed by atoms with Crippen molar-refractivity contribution in [2.45, 2.75) is 18.5 Å². The molecule has 0 bridgehead atoms. The van der Waals surface area contributed by atoms with Gasteiger partial charge in [-0.1, -0.05) is 5.21 Å². The number of sulfone groups is 1. The van der Waals surface area contributed by atoms with Crippen LogP contribution in [0.15, 0.2) is 5.03 Å². The van der Waals surface area contributed by atoms with Crippen molar-refractivity contribution in [2.75, 3.05) is 24.7 Å². The number of hydrogen-bond acceptors (Lipinski definition) is 8. The second-order valence-electron chi connectivity index (χ2n) is 3.29. The number of nitrogens with two attached hydrogens (primary N) is 1. The molecule has 0 atom stereocenters. The molecule has 0 fully saturated rings. The summed E-state index contributed by atoms with van der Waals surface area (Å²) in [6.07, 6.45) is 0. The van der Waals surface area contributed by atoms with Gasteiger partial charge in [-0.2, -0.15) is 0 Å². The van der Waals surface area contributed by atoms with E-state index in [9.17, 15) is 13.2 Å². The predicted molar refractivity (Wildman–Crippen MR) is 60.2 cm³/mol. The van der Waals surface area contributed by atoms with E-state index < -0.39 is 26.6 Å². The zero-order valence-corrected chi connectivity index (χ0v) is 10.6. The first kappa shape index (κ1) is 14.4. The molecule has 0 spiro atoms. The van der Waals surface area contributed by atoms with Gasteiger partial charge in [0.25, 0.3) is 0 Å². The van der Waals surface area contributed by atoms with Crippen molar-refractivity contribution in [1.82, 2.24) is 15.0 Å². The zero-order valence-electron chi connectivity index (χ0n) is 9.74. The van der Waals surface area contributed by atoms with Crippen LogP contribution < -0.4 is 5.73 Å². The molecule has 18 heavy (non-hydrogen) atoms. The third-order valence-corrected chi connectivity index (χ3v) is 3.46. The van der Waals surface area contributed by atoms with Gasteiger partial charge >= 0.3 is 5.97 Å². The number of anilines is 1. The maximum Gasteiger partial charge on any atom is 0.321 e. The molecule has 9 nitrogen and oxygen atoms in total. The molecule has 1 rings (SSSR count). The minimum absolute atomic E-state index is 0.0216. The molecule has 1 aromatic rings. The van der Waals surface area contributed by atoms with Crippen molar-refractivity contribution in [3.05, 3.63) is 0 Å². The number of carbonyl (C=O) groups excluding carboxylic acids is 1. The largest absolute Gasteiger partial charge is 0.465 e. The molecule has 0 aromatic carbocycles. The Bertz CT molecular complexity index is 524. The summed E-state index contributed by atoms with van der Waals surface area (Å²) in [7, 11) is -3.99. The molecule has 0 radical (unpaired) electrons. The highest BCUT2D eigenvalue weighted by atomic mass is 32.2. The first-order valence-corrected chi connectivity index (χ1v) is 6.75. The van der Waals surface area contributed by atoms with Crippen molar-refractivity contribution < 1.29 is 23.1 Å². The molecule has 10 heteroatoms. The Kier molecular flexibility index (Phi) is 4.62. The van der Waals surface area contributed by atoms with Gasteiger partial charge in [-0.05, 0) is 6.92 Å². The van der Waals surface area contributed by atoms with Gasteiger partial charge in [0.05, 0.1) is 19.8 Å². The van der Waals surface area contributed by atoms with E-state index in [0.29, 0.717) is 0 Å². The molecule has 1 heterocycles. The maximum absolute atomic E-state index is 11.8. The highest BCUT2D eigenvalue weighted by Gasteiger charge is 2.27. The molecule has 1 aromatic heterocycles. The predicted octanol–water partition coefficient (Wildman–Crippen LogP) is -1.81. The Labute approximate surface area is 103 Å². The summed E-state index contributed by atoms with van der Waals surface area (Å²) >= 11 is 0. The van der Waals surface area contributed by atoms with E-state index >= 15 is 0 Å². The summed E-state index contributed by atoms with van der Waals surface area (Å²) in [4.78, 5) is 11.1. The summed E-state index contributed by atoms with van der Waals surface area (Å²) in [5.41, 5.74) is 5.52. The number of hydrogen-bond donors (Lipinski definition) is 2. The first-order valence-electron chi connectivity index (χ1n) is 5.10. The number of esters is 1. The fourth-order valence-corrected chi connectivity index (χ4v) is 2.33. The van der Waals surface area contributed by atoms with Crippen LogP contribution in [0.3, 0.4) is 0 Å². The van der Waals surface area contributed by atoms with Crippen LogP contribution in [0.5, 0.6) is 0 Å². The van der Waals surface area contributed by atoms with Crippen molar-refractivity contribution in [2.24, 2.45) is 0 Å². The number of carbonyl (C=O) groups is 1. The Hall–Kier alpha value is -1.68. The summed E-state index contributed by atoms with van der Waals surface area (Å²) in [5, 5.41) is 15.1. The normalized spacial score (nSPS) is 11.4. The Morgan fingerprint density at radius 2 is 2.22 bits per heavy atom. The number of aliphatic hydroxyl groups excluding tert-OH is 1. The Morgan fingerprint density at radius 1 is 1.56 bits per heavy atom. The second kappa shape index (κ2) is 5.78. The quantitative estimate of drug-likeness (QED) is 0.581. The van der Waals surface area contributed by atoms with Gasteiger partial charge < -0.3 is 15.6 Å². The molecular weight excluding hydrogens is 264 g/mol. The molecule has 0 saturated carbocycles. The summed E-state index contributed by atoms with van der Waals surface area (Å²) in [6, 6.07) is 0. The minimum atomic E-state index is -3.99. The third-order valence-electron chi connectivity index (χ3n) is 1.96. The lowest BCUT2D eigenvalue weighted by Gasteiger charge is -2.03. The maximum atomic E-state index is 11.8. The number of aliphatic hydroxyl groups is 1. The van der Waals surface area contributed by atoms with Crippen LogP contribution >= 0.6 is 0 Å². The van der Waals surface area contributed by atoms with Gasteiger partial charge in [-0.3, -0.25) is 4.79 Å². The van der Waals surface area contributed by atoms with E-state index in [1.54, 1.807) is 6.92 Å². The number of aromatic nitrogens is 3. The molecule has 0 saturated heterocycles. The van der Waals surface area contributed by atoms with Crippen molar-refractivity contribution in [3.8, 4) is 0 Å². The van der Waals surface area contributed by atoms with Gasteiger partial charge in [0.1, 0.15) is 0 Å². The standard InChI is InChI=1S/C8H14N4O5S/c1-2-17-6(14)5-18(15,16)8-7(9)12(3-4-13)11-10-8/h13H,2-5,9H2,1H3. The summed E-state index contributed by atoms with van der Waals surface area (Å²) < 4.78 is 29.2. The molecule has 3 N–H and O–H groups in total. The molecular formula is C8H14N4O5S. The summed E-state index contributed by atoms with van der Waals surface area (Å²) in [6.45, 7) is 1.41. The molecule has 102 valence electrons. The topological polar surface area (TPSA) is 137 Å². The van der Waals surface area contributed by atoms with Gasteiger partial charge in [0, 0.05) is 0 Å². The lowest BCUT2D eigenvalue weighted by molar-refractivity contribution is -0.139. The fourth-order valence-electron chi connectivity index (χ4n) is 1.21.